The quantitative estimate of drug-likeness (QED) is 0.804. The Morgan fingerprint density at radius 1 is 1.21 bits per heavy atom. The number of halogens is 1. The lowest BCUT2D eigenvalue weighted by Crippen LogP contribution is -1.79. The molecule has 5 heteroatoms. The highest BCUT2D eigenvalue weighted by molar-refractivity contribution is 9.10. The van der Waals surface area contributed by atoms with Crippen LogP contribution in [0.1, 0.15) is 5.89 Å². The summed E-state index contributed by atoms with van der Waals surface area (Å²) in [5.41, 5.74) is 0. The smallest absolute Gasteiger partial charge is 0.284 e. The third-order valence-electron chi connectivity index (χ3n) is 1.55. The van der Waals surface area contributed by atoms with Crippen LogP contribution in [-0.4, -0.2) is 10.2 Å². The van der Waals surface area contributed by atoms with E-state index in [2.05, 4.69) is 38.3 Å². The van der Waals surface area contributed by atoms with E-state index < -0.39 is 0 Å². The third kappa shape index (κ3) is 2.59. The van der Waals surface area contributed by atoms with Crippen LogP contribution in [0.2, 0.25) is 0 Å². The lowest BCUT2D eigenvalue weighted by molar-refractivity contribution is 0.491. The van der Waals surface area contributed by atoms with Crippen molar-refractivity contribution in [3.63, 3.8) is 0 Å². The summed E-state index contributed by atoms with van der Waals surface area (Å²) in [6, 6.07) is 10.1. The summed E-state index contributed by atoms with van der Waals surface area (Å²) in [5.74, 6) is 1.33. The Labute approximate surface area is 94.0 Å². The second-order valence-corrected chi connectivity index (χ2v) is 4.28. The van der Waals surface area contributed by atoms with Gasteiger partial charge in [-0.2, -0.15) is 0 Å². The predicted octanol–water partition coefficient (Wildman–Crippen LogP) is 3.12. The second-order valence-electron chi connectivity index (χ2n) is 2.55. The van der Waals surface area contributed by atoms with Crippen LogP contribution >= 0.6 is 27.7 Å². The van der Waals surface area contributed by atoms with Crippen molar-refractivity contribution < 1.29 is 4.42 Å². The lowest BCUT2D eigenvalue weighted by Gasteiger charge is -1.96. The van der Waals surface area contributed by atoms with E-state index in [1.165, 1.54) is 4.90 Å². The number of nitrogens with zero attached hydrogens (tertiary/aromatic N) is 2. The molecule has 0 unspecified atom stereocenters. The zero-order valence-corrected chi connectivity index (χ0v) is 9.59. The van der Waals surface area contributed by atoms with Gasteiger partial charge >= 0.3 is 0 Å². The molecule has 0 aliphatic heterocycles. The Morgan fingerprint density at radius 2 is 2.00 bits per heavy atom. The van der Waals surface area contributed by atoms with Crippen molar-refractivity contribution >= 4 is 27.7 Å². The molecule has 1 heterocycles. The minimum Gasteiger partial charge on any atom is -0.415 e. The molecule has 0 fully saturated rings. The van der Waals surface area contributed by atoms with Gasteiger partial charge in [-0.25, -0.2) is 0 Å². The van der Waals surface area contributed by atoms with E-state index in [1.54, 1.807) is 11.8 Å². The molecule has 2 aromatic rings. The van der Waals surface area contributed by atoms with E-state index in [0.29, 0.717) is 16.4 Å². The zero-order valence-electron chi connectivity index (χ0n) is 7.18. The first kappa shape index (κ1) is 9.73. The number of benzene rings is 1. The first-order chi connectivity index (χ1) is 6.84. The fourth-order valence-electron chi connectivity index (χ4n) is 0.953. The van der Waals surface area contributed by atoms with Crippen LogP contribution < -0.4 is 0 Å². The molecule has 0 atom stereocenters. The number of thioether (sulfide) groups is 1. The van der Waals surface area contributed by atoms with E-state index in [-0.39, 0.29) is 0 Å². The highest BCUT2D eigenvalue weighted by Crippen LogP contribution is 2.22. The predicted molar refractivity (Wildman–Crippen MR) is 58.0 cm³/mol. The van der Waals surface area contributed by atoms with Crippen LogP contribution in [0.4, 0.5) is 0 Å². The number of aromatic nitrogens is 2. The molecule has 0 saturated carbocycles. The third-order valence-corrected chi connectivity index (χ3v) is 2.86. The van der Waals surface area contributed by atoms with E-state index >= 15 is 0 Å². The average Bonchev–Trinajstić information content (AvgIpc) is 2.63. The van der Waals surface area contributed by atoms with Gasteiger partial charge in [-0.3, -0.25) is 0 Å². The van der Waals surface area contributed by atoms with Crippen molar-refractivity contribution in [2.45, 2.75) is 10.6 Å². The molecule has 2 rings (SSSR count). The zero-order chi connectivity index (χ0) is 9.80. The molecule has 3 nitrogen and oxygen atoms in total. The van der Waals surface area contributed by atoms with Gasteiger partial charge in [0.05, 0.1) is 5.75 Å². The largest absolute Gasteiger partial charge is 0.415 e. The monoisotopic (exact) mass is 270 g/mol. The van der Waals surface area contributed by atoms with E-state index in [0.717, 1.165) is 0 Å². The van der Waals surface area contributed by atoms with Crippen LogP contribution in [0.15, 0.2) is 44.4 Å². The maximum atomic E-state index is 5.18. The van der Waals surface area contributed by atoms with Gasteiger partial charge in [-0.15, -0.1) is 22.0 Å². The average molecular weight is 271 g/mol. The fourth-order valence-corrected chi connectivity index (χ4v) is 1.98. The number of hydrogen-bond donors (Lipinski definition) is 0. The first-order valence-electron chi connectivity index (χ1n) is 4.00. The Hall–Kier alpha value is -0.810. The number of hydrogen-bond acceptors (Lipinski definition) is 4. The standard InChI is InChI=1S/C9H7BrN2OS/c10-9-12-11-8(13-9)6-14-7-4-2-1-3-5-7/h1-5H,6H2. The molecule has 1 aromatic carbocycles. The van der Waals surface area contributed by atoms with E-state index in [9.17, 15) is 0 Å². The molecule has 1 aromatic heterocycles. The van der Waals surface area contributed by atoms with Gasteiger partial charge in [0.25, 0.3) is 4.80 Å². The van der Waals surface area contributed by atoms with Crippen LogP contribution in [-0.2, 0) is 5.75 Å². The molecule has 0 bridgehead atoms. The van der Waals surface area contributed by atoms with Gasteiger partial charge < -0.3 is 4.42 Å². The van der Waals surface area contributed by atoms with Crippen LogP contribution in [0, 0.1) is 0 Å². The molecular formula is C9H7BrN2OS. The second kappa shape index (κ2) is 4.61. The van der Waals surface area contributed by atoms with Crippen LogP contribution in [0.25, 0.3) is 0 Å². The Kier molecular flexibility index (Phi) is 3.21. The Bertz CT molecular complexity index is 404. The summed E-state index contributed by atoms with van der Waals surface area (Å²) in [7, 11) is 0. The van der Waals surface area contributed by atoms with E-state index in [4.69, 9.17) is 4.42 Å². The Balaban J connectivity index is 1.95. The van der Waals surface area contributed by atoms with Gasteiger partial charge in [-0.05, 0) is 12.1 Å². The van der Waals surface area contributed by atoms with Crippen molar-refractivity contribution in [2.75, 3.05) is 0 Å². The highest BCUT2D eigenvalue weighted by Gasteiger charge is 2.03. The van der Waals surface area contributed by atoms with Gasteiger partial charge in [-0.1, -0.05) is 18.2 Å². The van der Waals surface area contributed by atoms with Gasteiger partial charge in [0.1, 0.15) is 0 Å². The summed E-state index contributed by atoms with van der Waals surface area (Å²) in [4.78, 5) is 1.63. The molecule has 0 saturated heterocycles. The summed E-state index contributed by atoms with van der Waals surface area (Å²) in [6.07, 6.45) is 0. The van der Waals surface area contributed by atoms with Crippen molar-refractivity contribution in [2.24, 2.45) is 0 Å². The SMILES string of the molecule is Brc1nnc(CSc2ccccc2)o1. The van der Waals surface area contributed by atoms with Gasteiger partial charge in [0, 0.05) is 20.8 Å². The number of rotatable bonds is 3. The lowest BCUT2D eigenvalue weighted by atomic mass is 10.4. The maximum absolute atomic E-state index is 5.18. The first-order valence-corrected chi connectivity index (χ1v) is 5.78. The Morgan fingerprint density at radius 3 is 2.64 bits per heavy atom. The molecule has 0 aliphatic carbocycles. The minimum absolute atomic E-state index is 0.432. The van der Waals surface area contributed by atoms with Crippen molar-refractivity contribution in [1.82, 2.24) is 10.2 Å². The molecule has 14 heavy (non-hydrogen) atoms. The maximum Gasteiger partial charge on any atom is 0.284 e. The summed E-state index contributed by atoms with van der Waals surface area (Å²) >= 11 is 4.78. The van der Waals surface area contributed by atoms with E-state index in [1.807, 2.05) is 18.2 Å². The summed E-state index contributed by atoms with van der Waals surface area (Å²) in [5, 5.41) is 7.56. The minimum atomic E-state index is 0.432. The molecular weight excluding hydrogens is 264 g/mol. The van der Waals surface area contributed by atoms with Gasteiger partial charge in [0.2, 0.25) is 5.89 Å². The van der Waals surface area contributed by atoms with Gasteiger partial charge in [0.15, 0.2) is 0 Å². The summed E-state index contributed by atoms with van der Waals surface area (Å²) < 4.78 is 5.18. The topological polar surface area (TPSA) is 38.9 Å². The normalized spacial score (nSPS) is 10.4. The molecule has 72 valence electrons. The molecule has 0 radical (unpaired) electrons. The summed E-state index contributed by atoms with van der Waals surface area (Å²) in [6.45, 7) is 0. The molecule has 0 N–H and O–H groups in total. The molecule has 0 spiro atoms. The van der Waals surface area contributed by atoms with Crippen molar-refractivity contribution in [3.8, 4) is 0 Å². The van der Waals surface area contributed by atoms with Crippen molar-refractivity contribution in [1.29, 1.82) is 0 Å². The van der Waals surface area contributed by atoms with Crippen molar-refractivity contribution in [3.05, 3.63) is 41.0 Å². The fraction of sp³-hybridized carbons (Fsp3) is 0.111. The van der Waals surface area contributed by atoms with Crippen LogP contribution in [0.5, 0.6) is 0 Å². The molecule has 0 amide bonds. The molecule has 0 aliphatic rings. The highest BCUT2D eigenvalue weighted by atomic mass is 79.9. The van der Waals surface area contributed by atoms with Crippen LogP contribution in [0.3, 0.4) is 0 Å².